The summed E-state index contributed by atoms with van der Waals surface area (Å²) in [4.78, 5) is 13.2. The molecule has 76 valence electrons. The summed E-state index contributed by atoms with van der Waals surface area (Å²) in [5, 5.41) is 3.62. The van der Waals surface area contributed by atoms with Crippen molar-refractivity contribution in [2.75, 3.05) is 0 Å². The van der Waals surface area contributed by atoms with Crippen LogP contribution in [-0.2, 0) is 4.79 Å². The molecule has 1 rings (SSSR count). The molecule has 0 spiro atoms. The lowest BCUT2D eigenvalue weighted by Crippen LogP contribution is -1.83. The molecule has 0 aliphatic rings. The summed E-state index contributed by atoms with van der Waals surface area (Å²) in [6.45, 7) is 0. The fourth-order valence-corrected chi connectivity index (χ4v) is 1.26. The van der Waals surface area contributed by atoms with E-state index in [2.05, 4.69) is 10.0 Å². The first-order valence-electron chi connectivity index (χ1n) is 3.86. The normalized spacial score (nSPS) is 10.0. The molecule has 0 saturated heterocycles. The first-order chi connectivity index (χ1) is 7.15. The van der Waals surface area contributed by atoms with Crippen molar-refractivity contribution in [3.05, 3.63) is 50.3 Å². The summed E-state index contributed by atoms with van der Waals surface area (Å²) in [5.41, 5.74) is 8.58. The SMILES string of the molecule is [N-]=[N+]=NC(=O)C=Cc1cccc(Cl)c1Cl. The highest BCUT2D eigenvalue weighted by molar-refractivity contribution is 6.42. The van der Waals surface area contributed by atoms with Gasteiger partial charge in [0.25, 0.3) is 0 Å². The predicted molar refractivity (Wildman–Crippen MR) is 59.6 cm³/mol. The average Bonchev–Trinajstić information content (AvgIpc) is 2.21. The number of hydrogen-bond donors (Lipinski definition) is 0. The van der Waals surface area contributed by atoms with Crippen LogP contribution < -0.4 is 0 Å². The van der Waals surface area contributed by atoms with Gasteiger partial charge in [0.05, 0.1) is 10.0 Å². The van der Waals surface area contributed by atoms with Crippen LogP contribution in [0.1, 0.15) is 5.56 Å². The maximum atomic E-state index is 10.8. The number of hydrogen-bond acceptors (Lipinski definition) is 1. The molecule has 0 heterocycles. The van der Waals surface area contributed by atoms with Crippen molar-refractivity contribution >= 4 is 35.2 Å². The van der Waals surface area contributed by atoms with Gasteiger partial charge in [0.1, 0.15) is 0 Å². The van der Waals surface area contributed by atoms with Crippen molar-refractivity contribution in [2.24, 2.45) is 5.11 Å². The Bertz CT molecular complexity index is 464. The maximum Gasteiger partial charge on any atom is 0.242 e. The Morgan fingerprint density at radius 3 is 2.87 bits per heavy atom. The van der Waals surface area contributed by atoms with Crippen molar-refractivity contribution < 1.29 is 4.79 Å². The Balaban J connectivity index is 2.94. The molecule has 0 aromatic heterocycles. The number of amides is 1. The lowest BCUT2D eigenvalue weighted by molar-refractivity contribution is -0.113. The van der Waals surface area contributed by atoms with Gasteiger partial charge in [-0.25, -0.2) is 0 Å². The highest BCUT2D eigenvalue weighted by Gasteiger charge is 2.00. The number of halogens is 2. The van der Waals surface area contributed by atoms with Gasteiger partial charge in [0, 0.05) is 4.91 Å². The highest BCUT2D eigenvalue weighted by Crippen LogP contribution is 2.26. The summed E-state index contributed by atoms with van der Waals surface area (Å²) >= 11 is 11.6. The number of carbonyl (C=O) groups excluding carboxylic acids is 1. The average molecular weight is 242 g/mol. The van der Waals surface area contributed by atoms with E-state index in [0.29, 0.717) is 15.6 Å². The third-order valence-electron chi connectivity index (χ3n) is 1.53. The van der Waals surface area contributed by atoms with Gasteiger partial charge in [-0.2, -0.15) is 0 Å². The van der Waals surface area contributed by atoms with Crippen LogP contribution in [0.15, 0.2) is 29.4 Å². The Morgan fingerprint density at radius 2 is 2.20 bits per heavy atom. The molecule has 0 fully saturated rings. The molecule has 0 aliphatic carbocycles. The molecule has 4 nitrogen and oxygen atoms in total. The quantitative estimate of drug-likeness (QED) is 0.336. The maximum absolute atomic E-state index is 10.8. The molecule has 6 heteroatoms. The largest absolute Gasteiger partial charge is 0.288 e. The second kappa shape index (κ2) is 5.41. The molecule has 0 bridgehead atoms. The number of azide groups is 1. The molecule has 15 heavy (non-hydrogen) atoms. The van der Waals surface area contributed by atoms with E-state index in [-0.39, 0.29) is 0 Å². The van der Waals surface area contributed by atoms with Crippen molar-refractivity contribution in [2.45, 2.75) is 0 Å². The fraction of sp³-hybridized carbons (Fsp3) is 0. The molecular formula is C9H5Cl2N3O. The van der Waals surface area contributed by atoms with Crippen molar-refractivity contribution in [3.63, 3.8) is 0 Å². The number of nitrogens with zero attached hydrogens (tertiary/aromatic N) is 3. The van der Waals surface area contributed by atoms with Crippen LogP contribution in [0.25, 0.3) is 16.5 Å². The van der Waals surface area contributed by atoms with Gasteiger partial charge in [-0.3, -0.25) is 4.79 Å². The van der Waals surface area contributed by atoms with Crippen molar-refractivity contribution in [3.8, 4) is 0 Å². The van der Waals surface area contributed by atoms with E-state index < -0.39 is 5.91 Å². The van der Waals surface area contributed by atoms with E-state index >= 15 is 0 Å². The summed E-state index contributed by atoms with van der Waals surface area (Å²) in [6.07, 6.45) is 2.56. The third-order valence-corrected chi connectivity index (χ3v) is 2.36. The molecule has 0 saturated carbocycles. The van der Waals surface area contributed by atoms with E-state index in [1.807, 2.05) is 0 Å². The number of rotatable bonds is 2. The Hall–Kier alpha value is -1.48. The first-order valence-corrected chi connectivity index (χ1v) is 4.62. The van der Waals surface area contributed by atoms with Crippen LogP contribution in [0.5, 0.6) is 0 Å². The van der Waals surface area contributed by atoms with Crippen molar-refractivity contribution in [1.82, 2.24) is 0 Å². The van der Waals surface area contributed by atoms with Crippen LogP contribution in [0.4, 0.5) is 0 Å². The molecule has 0 aliphatic heterocycles. The van der Waals surface area contributed by atoms with Gasteiger partial charge in [0.2, 0.25) is 5.91 Å². The van der Waals surface area contributed by atoms with Crippen LogP contribution >= 0.6 is 23.2 Å². The minimum atomic E-state index is -0.687. The predicted octanol–water partition coefficient (Wildman–Crippen LogP) is 3.84. The summed E-state index contributed by atoms with van der Waals surface area (Å²) < 4.78 is 0. The standard InChI is InChI=1S/C9H5Cl2N3O/c10-7-3-1-2-6(9(7)11)4-5-8(15)13-14-12/h1-5H. The summed E-state index contributed by atoms with van der Waals surface area (Å²) in [6, 6.07) is 5.02. The molecule has 0 atom stereocenters. The van der Waals surface area contributed by atoms with Crippen LogP contribution in [0.2, 0.25) is 10.0 Å². The zero-order chi connectivity index (χ0) is 11.3. The first kappa shape index (κ1) is 11.6. The molecule has 1 aromatic rings. The van der Waals surface area contributed by atoms with E-state index in [9.17, 15) is 4.79 Å². The topological polar surface area (TPSA) is 65.8 Å². The minimum absolute atomic E-state index is 0.351. The van der Waals surface area contributed by atoms with Gasteiger partial charge in [-0.15, -0.1) is 0 Å². The van der Waals surface area contributed by atoms with Crippen LogP contribution in [-0.4, -0.2) is 5.91 Å². The van der Waals surface area contributed by atoms with Crippen LogP contribution in [0.3, 0.4) is 0 Å². The second-order valence-electron chi connectivity index (χ2n) is 2.50. The molecule has 0 unspecified atom stereocenters. The van der Waals surface area contributed by atoms with Crippen molar-refractivity contribution in [1.29, 1.82) is 0 Å². The lowest BCUT2D eigenvalue weighted by atomic mass is 10.2. The molecule has 1 aromatic carbocycles. The second-order valence-corrected chi connectivity index (χ2v) is 3.29. The van der Waals surface area contributed by atoms with Gasteiger partial charge in [-0.1, -0.05) is 35.3 Å². The van der Waals surface area contributed by atoms with E-state index in [0.717, 1.165) is 6.08 Å². The van der Waals surface area contributed by atoms with Gasteiger partial charge >= 0.3 is 0 Å². The zero-order valence-corrected chi connectivity index (χ0v) is 8.90. The Morgan fingerprint density at radius 1 is 1.47 bits per heavy atom. The van der Waals surface area contributed by atoms with E-state index in [1.54, 1.807) is 18.2 Å². The Labute approximate surface area is 95.7 Å². The van der Waals surface area contributed by atoms with Crippen LogP contribution in [0, 0.1) is 0 Å². The van der Waals surface area contributed by atoms with E-state index in [4.69, 9.17) is 28.7 Å². The number of benzene rings is 1. The fourth-order valence-electron chi connectivity index (χ4n) is 0.888. The van der Waals surface area contributed by atoms with Gasteiger partial charge in [0.15, 0.2) is 0 Å². The smallest absolute Gasteiger partial charge is 0.242 e. The highest BCUT2D eigenvalue weighted by atomic mass is 35.5. The summed E-state index contributed by atoms with van der Waals surface area (Å²) in [5.74, 6) is -0.687. The molecule has 1 amide bonds. The molecular weight excluding hydrogens is 237 g/mol. The summed E-state index contributed by atoms with van der Waals surface area (Å²) in [7, 11) is 0. The third kappa shape index (κ3) is 3.29. The van der Waals surface area contributed by atoms with Gasteiger partial charge in [-0.05, 0) is 34.4 Å². The number of carbonyl (C=O) groups is 1. The minimum Gasteiger partial charge on any atom is -0.288 e. The van der Waals surface area contributed by atoms with E-state index in [1.165, 1.54) is 6.08 Å². The zero-order valence-electron chi connectivity index (χ0n) is 7.39. The van der Waals surface area contributed by atoms with Gasteiger partial charge < -0.3 is 0 Å². The Kier molecular flexibility index (Phi) is 4.18. The monoisotopic (exact) mass is 241 g/mol. The molecule has 0 N–H and O–H groups in total. The molecule has 0 radical (unpaired) electrons. The lowest BCUT2D eigenvalue weighted by Gasteiger charge is -1.98.